The van der Waals surface area contributed by atoms with Crippen molar-refractivity contribution in [3.05, 3.63) is 70.8 Å². The van der Waals surface area contributed by atoms with Crippen molar-refractivity contribution < 1.29 is 38.4 Å². The summed E-state index contributed by atoms with van der Waals surface area (Å²) in [5, 5.41) is 14.8. The first kappa shape index (κ1) is 31.4. The highest BCUT2D eigenvalue weighted by Gasteiger charge is 2.43. The molecule has 0 unspecified atom stereocenters. The van der Waals surface area contributed by atoms with E-state index in [0.717, 1.165) is 54.7 Å². The Morgan fingerprint density at radius 3 is 2.26 bits per heavy atom. The number of piperidine rings is 1. The molecular weight excluding hydrogens is 554 g/mol. The second kappa shape index (κ2) is 14.6. The molecule has 43 heavy (non-hydrogen) atoms. The summed E-state index contributed by atoms with van der Waals surface area (Å²) in [4.78, 5) is 25.9. The normalized spacial score (nSPS) is 25.4. The Kier molecular flexibility index (Phi) is 10.7. The van der Waals surface area contributed by atoms with Gasteiger partial charge in [0.25, 0.3) is 0 Å². The van der Waals surface area contributed by atoms with E-state index in [0.29, 0.717) is 19.8 Å². The minimum absolute atomic E-state index is 0.00609. The van der Waals surface area contributed by atoms with Crippen molar-refractivity contribution in [1.29, 1.82) is 0 Å². The lowest BCUT2D eigenvalue weighted by atomic mass is 9.89. The van der Waals surface area contributed by atoms with Gasteiger partial charge in [-0.3, -0.25) is 4.79 Å². The van der Waals surface area contributed by atoms with Crippen molar-refractivity contribution in [2.24, 2.45) is 5.92 Å². The Morgan fingerprint density at radius 1 is 0.953 bits per heavy atom. The second-order valence-corrected chi connectivity index (χ2v) is 11.3. The Bertz CT molecular complexity index is 1190. The number of benzene rings is 2. The molecule has 11 nitrogen and oxygen atoms in total. The predicted molar refractivity (Wildman–Crippen MR) is 157 cm³/mol. The van der Waals surface area contributed by atoms with Crippen molar-refractivity contribution in [3.8, 4) is 0 Å². The van der Waals surface area contributed by atoms with Crippen LogP contribution < -0.4 is 10.6 Å². The number of esters is 1. The molecule has 3 fully saturated rings. The summed E-state index contributed by atoms with van der Waals surface area (Å²) in [7, 11) is 0. The van der Waals surface area contributed by atoms with Crippen molar-refractivity contribution in [2.45, 2.75) is 64.1 Å². The third kappa shape index (κ3) is 8.11. The van der Waals surface area contributed by atoms with E-state index in [1.54, 1.807) is 6.92 Å². The van der Waals surface area contributed by atoms with Crippen molar-refractivity contribution >= 4 is 12.0 Å². The first-order chi connectivity index (χ1) is 20.9. The number of hydrogen-bond acceptors (Lipinski definition) is 9. The van der Waals surface area contributed by atoms with Gasteiger partial charge in [0.05, 0.1) is 38.6 Å². The molecule has 3 N–H and O–H groups in total. The highest BCUT2D eigenvalue weighted by Crippen LogP contribution is 2.42. The molecule has 3 aliphatic heterocycles. The molecule has 3 heterocycles. The van der Waals surface area contributed by atoms with Crippen LogP contribution in [0.15, 0.2) is 48.5 Å². The van der Waals surface area contributed by atoms with Gasteiger partial charge in [-0.2, -0.15) is 0 Å². The van der Waals surface area contributed by atoms with Gasteiger partial charge in [0.2, 0.25) is 0 Å². The van der Waals surface area contributed by atoms with E-state index in [-0.39, 0.29) is 37.9 Å². The smallest absolute Gasteiger partial charge is 0.325 e. The number of aliphatic hydroxyl groups is 1. The summed E-state index contributed by atoms with van der Waals surface area (Å²) in [6, 6.07) is 15.2. The van der Waals surface area contributed by atoms with E-state index >= 15 is 0 Å². The van der Waals surface area contributed by atoms with Crippen LogP contribution in [0.5, 0.6) is 0 Å². The van der Waals surface area contributed by atoms with Crippen LogP contribution in [0.4, 0.5) is 4.79 Å². The van der Waals surface area contributed by atoms with Gasteiger partial charge in [-0.05, 0) is 23.6 Å². The first-order valence-corrected chi connectivity index (χ1v) is 15.1. The number of carbonyl (C=O) groups is 2. The predicted octanol–water partition coefficient (Wildman–Crippen LogP) is 3.17. The Labute approximate surface area is 252 Å². The third-order valence-corrected chi connectivity index (χ3v) is 8.40. The monoisotopic (exact) mass is 597 g/mol. The number of aliphatic hydroxyl groups excluding tert-OH is 1. The zero-order chi connectivity index (χ0) is 30.2. The fourth-order valence-corrected chi connectivity index (χ4v) is 5.85. The van der Waals surface area contributed by atoms with Gasteiger partial charge in [-0.15, -0.1) is 0 Å². The molecule has 3 saturated heterocycles. The molecular formula is C32H43N3O8. The summed E-state index contributed by atoms with van der Waals surface area (Å²) >= 11 is 0. The minimum atomic E-state index is -0.573. The molecule has 0 bridgehead atoms. The lowest BCUT2D eigenvalue weighted by Crippen LogP contribution is -2.50. The van der Waals surface area contributed by atoms with E-state index in [4.69, 9.17) is 23.7 Å². The zero-order valence-electron chi connectivity index (χ0n) is 25.0. The van der Waals surface area contributed by atoms with Crippen LogP contribution in [0, 0.1) is 5.92 Å². The molecule has 3 aliphatic rings. The Hall–Kier alpha value is -3.06. The summed E-state index contributed by atoms with van der Waals surface area (Å²) in [6.45, 7) is 8.11. The standard InChI is InChI=1S/C32H43N3O8/c1-3-39-28(37)19-34-31(38)33-18-23-4-10-26(11-5-23)30-42-27(20-35-14-12-32(13-15-35)40-16-17-41-32)22(2)29(43-30)25-8-6-24(21-36)7-9-25/h4-11,22,27,29-30,36H,3,12-21H2,1-2H3,(H2,33,34,38)/t22-,27+,29+,30+/m0/s1. The van der Waals surface area contributed by atoms with Crippen LogP contribution >= 0.6 is 0 Å². The number of nitrogens with zero attached hydrogens (tertiary/aromatic N) is 1. The molecule has 2 aromatic rings. The quantitative estimate of drug-likeness (QED) is 0.354. The van der Waals surface area contributed by atoms with Crippen molar-refractivity contribution in [3.63, 3.8) is 0 Å². The number of amides is 2. The van der Waals surface area contributed by atoms with Crippen molar-refractivity contribution in [1.82, 2.24) is 15.5 Å². The Morgan fingerprint density at radius 2 is 1.60 bits per heavy atom. The lowest BCUT2D eigenvalue weighted by molar-refractivity contribution is -0.278. The zero-order valence-corrected chi connectivity index (χ0v) is 25.0. The highest BCUT2D eigenvalue weighted by molar-refractivity contribution is 5.80. The van der Waals surface area contributed by atoms with Gasteiger partial charge >= 0.3 is 12.0 Å². The van der Waals surface area contributed by atoms with E-state index in [1.807, 2.05) is 48.5 Å². The number of hydrogen-bond donors (Lipinski definition) is 3. The molecule has 0 aliphatic carbocycles. The number of urea groups is 1. The van der Waals surface area contributed by atoms with E-state index in [1.165, 1.54) is 0 Å². The molecule has 0 radical (unpaired) electrons. The summed E-state index contributed by atoms with van der Waals surface area (Å²) in [6.07, 6.45) is 0.840. The largest absolute Gasteiger partial charge is 0.465 e. The van der Waals surface area contributed by atoms with Crippen LogP contribution in [0.1, 0.15) is 61.3 Å². The Balaban J connectivity index is 1.23. The van der Waals surface area contributed by atoms with Gasteiger partial charge in [-0.25, -0.2) is 4.79 Å². The van der Waals surface area contributed by atoms with Gasteiger partial charge < -0.3 is 44.3 Å². The molecule has 234 valence electrons. The molecule has 4 atom stereocenters. The highest BCUT2D eigenvalue weighted by atomic mass is 16.7. The summed E-state index contributed by atoms with van der Waals surface area (Å²) in [5.41, 5.74) is 3.68. The molecule has 0 aromatic heterocycles. The van der Waals surface area contributed by atoms with Gasteiger partial charge in [0.1, 0.15) is 6.54 Å². The molecule has 5 rings (SSSR count). The fourth-order valence-electron chi connectivity index (χ4n) is 5.85. The van der Waals surface area contributed by atoms with E-state index < -0.39 is 24.1 Å². The van der Waals surface area contributed by atoms with Crippen LogP contribution in [-0.2, 0) is 41.6 Å². The van der Waals surface area contributed by atoms with Crippen LogP contribution in [-0.4, -0.2) is 79.9 Å². The fraction of sp³-hybridized carbons (Fsp3) is 0.562. The number of rotatable bonds is 10. The lowest BCUT2D eigenvalue weighted by Gasteiger charge is -2.44. The van der Waals surface area contributed by atoms with Gasteiger partial charge in [-0.1, -0.05) is 55.5 Å². The minimum Gasteiger partial charge on any atom is -0.465 e. The molecule has 2 amide bonds. The van der Waals surface area contributed by atoms with E-state index in [9.17, 15) is 14.7 Å². The summed E-state index contributed by atoms with van der Waals surface area (Å²) in [5.74, 6) is -0.815. The van der Waals surface area contributed by atoms with Crippen LogP contribution in [0.25, 0.3) is 0 Å². The first-order valence-electron chi connectivity index (χ1n) is 15.1. The maximum atomic E-state index is 12.1. The maximum absolute atomic E-state index is 12.1. The molecule has 0 saturated carbocycles. The second-order valence-electron chi connectivity index (χ2n) is 11.3. The molecule has 11 heteroatoms. The number of likely N-dealkylation sites (tertiary alicyclic amines) is 1. The van der Waals surface area contributed by atoms with Crippen molar-refractivity contribution in [2.75, 3.05) is 46.0 Å². The molecule has 2 aromatic carbocycles. The number of nitrogens with one attached hydrogen (secondary N) is 2. The SMILES string of the molecule is CCOC(=O)CNC(=O)NCc1ccc([C@@H]2O[C@H](CN3CCC4(CC3)OCCO4)[C@H](C)[C@H](c3ccc(CO)cc3)O2)cc1. The third-order valence-electron chi connectivity index (χ3n) is 8.40. The number of ether oxygens (including phenoxy) is 5. The topological polar surface area (TPSA) is 128 Å². The van der Waals surface area contributed by atoms with Gasteiger partial charge in [0, 0.05) is 50.5 Å². The van der Waals surface area contributed by atoms with Crippen LogP contribution in [0.3, 0.4) is 0 Å². The van der Waals surface area contributed by atoms with E-state index in [2.05, 4.69) is 22.5 Å². The average molecular weight is 598 g/mol. The number of carbonyl (C=O) groups excluding carboxylic acids is 2. The van der Waals surface area contributed by atoms with Gasteiger partial charge in [0.15, 0.2) is 12.1 Å². The summed E-state index contributed by atoms with van der Waals surface area (Å²) < 4.78 is 29.9. The van der Waals surface area contributed by atoms with Crippen LogP contribution in [0.2, 0.25) is 0 Å². The maximum Gasteiger partial charge on any atom is 0.325 e. The molecule has 1 spiro atoms. The average Bonchev–Trinajstić information content (AvgIpc) is 3.49.